The molecule has 0 saturated carbocycles. The summed E-state index contributed by atoms with van der Waals surface area (Å²) in [5, 5.41) is 2.96. The van der Waals surface area contributed by atoms with Crippen molar-refractivity contribution in [1.29, 1.82) is 0 Å². The van der Waals surface area contributed by atoms with E-state index in [2.05, 4.69) is 10.2 Å². The van der Waals surface area contributed by atoms with E-state index in [9.17, 15) is 9.59 Å². The van der Waals surface area contributed by atoms with E-state index in [0.717, 1.165) is 25.3 Å². The molecule has 1 N–H and O–H groups in total. The quantitative estimate of drug-likeness (QED) is 0.833. The molecule has 1 aliphatic heterocycles. The molecule has 0 bridgehead atoms. The Hall–Kier alpha value is -2.86. The van der Waals surface area contributed by atoms with Gasteiger partial charge < -0.3 is 15.0 Å². The maximum Gasteiger partial charge on any atom is 0.238 e. The van der Waals surface area contributed by atoms with Crippen LogP contribution in [0.2, 0.25) is 0 Å². The van der Waals surface area contributed by atoms with Crippen molar-refractivity contribution in [2.75, 3.05) is 38.0 Å². The average molecular weight is 381 g/mol. The predicted molar refractivity (Wildman–Crippen MR) is 110 cm³/mol. The summed E-state index contributed by atoms with van der Waals surface area (Å²) in [6.07, 6.45) is 1.41. The highest BCUT2D eigenvalue weighted by molar-refractivity contribution is 5.93. The van der Waals surface area contributed by atoms with E-state index in [-0.39, 0.29) is 11.8 Å². The lowest BCUT2D eigenvalue weighted by molar-refractivity contribution is -0.130. The monoisotopic (exact) mass is 381 g/mol. The van der Waals surface area contributed by atoms with Crippen LogP contribution in [0.15, 0.2) is 54.6 Å². The van der Waals surface area contributed by atoms with Crippen LogP contribution in [0.5, 0.6) is 11.5 Å². The van der Waals surface area contributed by atoms with Gasteiger partial charge in [-0.25, -0.2) is 0 Å². The molecule has 6 nitrogen and oxygen atoms in total. The summed E-state index contributed by atoms with van der Waals surface area (Å²) in [5.74, 6) is 1.42. The minimum Gasteiger partial charge on any atom is -0.455 e. The molecular weight excluding hydrogens is 354 g/mol. The van der Waals surface area contributed by atoms with Gasteiger partial charge in [-0.2, -0.15) is 0 Å². The van der Waals surface area contributed by atoms with Gasteiger partial charge >= 0.3 is 0 Å². The summed E-state index contributed by atoms with van der Waals surface area (Å²) < 4.78 is 5.90. The zero-order valence-electron chi connectivity index (χ0n) is 16.3. The van der Waals surface area contributed by atoms with Crippen LogP contribution in [0.1, 0.15) is 19.8 Å². The number of para-hydroxylation sites is 3. The lowest BCUT2D eigenvalue weighted by Gasteiger charge is -2.21. The number of benzene rings is 2. The Bertz CT molecular complexity index is 795. The molecule has 0 unspecified atom stereocenters. The maximum absolute atomic E-state index is 12.6. The Labute approximate surface area is 166 Å². The first-order valence-electron chi connectivity index (χ1n) is 9.77. The predicted octanol–water partition coefficient (Wildman–Crippen LogP) is 3.36. The van der Waals surface area contributed by atoms with Crippen molar-refractivity contribution >= 4 is 17.5 Å². The van der Waals surface area contributed by atoms with Gasteiger partial charge in [0.05, 0.1) is 12.2 Å². The Balaban J connectivity index is 1.57. The number of hydrogen-bond donors (Lipinski definition) is 1. The Kier molecular flexibility index (Phi) is 7.03. The fourth-order valence-corrected chi connectivity index (χ4v) is 3.27. The molecule has 1 saturated heterocycles. The first kappa shape index (κ1) is 19.9. The van der Waals surface area contributed by atoms with Crippen LogP contribution in [-0.4, -0.2) is 54.3 Å². The number of carbonyl (C=O) groups is 2. The van der Waals surface area contributed by atoms with Crippen molar-refractivity contribution in [3.05, 3.63) is 54.6 Å². The Morgan fingerprint density at radius 1 is 0.964 bits per heavy atom. The molecule has 6 heteroatoms. The molecule has 148 valence electrons. The minimum atomic E-state index is -0.0839. The molecule has 2 amide bonds. The zero-order chi connectivity index (χ0) is 19.8. The number of nitrogens with zero attached hydrogens (tertiary/aromatic N) is 2. The van der Waals surface area contributed by atoms with E-state index in [1.165, 1.54) is 0 Å². The van der Waals surface area contributed by atoms with Crippen molar-refractivity contribution in [2.45, 2.75) is 19.8 Å². The minimum absolute atomic E-state index is 0.0839. The van der Waals surface area contributed by atoms with Crippen molar-refractivity contribution in [3.63, 3.8) is 0 Å². The number of rotatable bonds is 6. The van der Waals surface area contributed by atoms with Crippen LogP contribution in [0.25, 0.3) is 0 Å². The fraction of sp³-hybridized carbons (Fsp3) is 0.364. The van der Waals surface area contributed by atoms with Crippen molar-refractivity contribution in [2.24, 2.45) is 0 Å². The van der Waals surface area contributed by atoms with Gasteiger partial charge in [-0.3, -0.25) is 14.5 Å². The molecule has 0 radical (unpaired) electrons. The van der Waals surface area contributed by atoms with Crippen LogP contribution >= 0.6 is 0 Å². The molecule has 2 aromatic rings. The molecule has 2 aromatic carbocycles. The third kappa shape index (κ3) is 5.57. The molecule has 28 heavy (non-hydrogen) atoms. The summed E-state index contributed by atoms with van der Waals surface area (Å²) in [6, 6.07) is 16.9. The third-order valence-electron chi connectivity index (χ3n) is 4.74. The molecule has 1 heterocycles. The highest BCUT2D eigenvalue weighted by atomic mass is 16.5. The molecule has 0 aliphatic carbocycles. The normalized spacial score (nSPS) is 15.0. The molecule has 1 aliphatic rings. The second kappa shape index (κ2) is 9.90. The summed E-state index contributed by atoms with van der Waals surface area (Å²) in [6.45, 7) is 5.14. The third-order valence-corrected chi connectivity index (χ3v) is 4.74. The van der Waals surface area contributed by atoms with Gasteiger partial charge in [0.25, 0.3) is 0 Å². The molecule has 0 aromatic heterocycles. The largest absolute Gasteiger partial charge is 0.455 e. The summed E-state index contributed by atoms with van der Waals surface area (Å²) in [4.78, 5) is 28.5. The van der Waals surface area contributed by atoms with E-state index in [0.29, 0.717) is 37.5 Å². The van der Waals surface area contributed by atoms with E-state index >= 15 is 0 Å². The smallest absolute Gasteiger partial charge is 0.238 e. The van der Waals surface area contributed by atoms with Gasteiger partial charge in [0.1, 0.15) is 5.75 Å². The number of carbonyl (C=O) groups excluding carboxylic acids is 2. The Morgan fingerprint density at radius 3 is 2.50 bits per heavy atom. The second-order valence-electron chi connectivity index (χ2n) is 6.82. The number of amides is 2. The highest BCUT2D eigenvalue weighted by Gasteiger charge is 2.20. The average Bonchev–Trinajstić information content (AvgIpc) is 2.95. The molecular formula is C22H27N3O3. The van der Waals surface area contributed by atoms with Crippen LogP contribution in [0.3, 0.4) is 0 Å². The van der Waals surface area contributed by atoms with Gasteiger partial charge in [-0.15, -0.1) is 0 Å². The van der Waals surface area contributed by atoms with Crippen LogP contribution in [0.4, 0.5) is 5.69 Å². The molecule has 0 atom stereocenters. The SMILES string of the molecule is CCC(=O)N1CCCN(CC(=O)Nc2ccccc2Oc2ccccc2)CC1. The van der Waals surface area contributed by atoms with Gasteiger partial charge in [0, 0.05) is 32.6 Å². The standard InChI is InChI=1S/C22H27N3O3/c1-2-22(27)25-14-8-13-24(15-16-25)17-21(26)23-19-11-6-7-12-20(19)28-18-9-4-3-5-10-18/h3-7,9-12H,2,8,13-17H2,1H3,(H,23,26). The zero-order valence-corrected chi connectivity index (χ0v) is 16.3. The van der Waals surface area contributed by atoms with E-state index < -0.39 is 0 Å². The van der Waals surface area contributed by atoms with Crippen LogP contribution in [-0.2, 0) is 9.59 Å². The topological polar surface area (TPSA) is 61.9 Å². The molecule has 3 rings (SSSR count). The molecule has 0 spiro atoms. The second-order valence-corrected chi connectivity index (χ2v) is 6.82. The van der Waals surface area contributed by atoms with Crippen molar-refractivity contribution in [1.82, 2.24) is 9.80 Å². The lowest BCUT2D eigenvalue weighted by Crippen LogP contribution is -2.37. The van der Waals surface area contributed by atoms with Crippen LogP contribution < -0.4 is 10.1 Å². The number of anilines is 1. The number of hydrogen-bond acceptors (Lipinski definition) is 4. The van der Waals surface area contributed by atoms with Crippen molar-refractivity contribution < 1.29 is 14.3 Å². The van der Waals surface area contributed by atoms with Crippen LogP contribution in [0, 0.1) is 0 Å². The van der Waals surface area contributed by atoms with Gasteiger partial charge in [-0.1, -0.05) is 37.3 Å². The summed E-state index contributed by atoms with van der Waals surface area (Å²) >= 11 is 0. The van der Waals surface area contributed by atoms with E-state index in [4.69, 9.17) is 4.74 Å². The molecule has 1 fully saturated rings. The first-order valence-corrected chi connectivity index (χ1v) is 9.77. The summed E-state index contributed by atoms with van der Waals surface area (Å²) in [5.41, 5.74) is 0.647. The summed E-state index contributed by atoms with van der Waals surface area (Å²) in [7, 11) is 0. The fourth-order valence-electron chi connectivity index (χ4n) is 3.27. The van der Waals surface area contributed by atoms with Gasteiger partial charge in [0.2, 0.25) is 11.8 Å². The van der Waals surface area contributed by atoms with Gasteiger partial charge in [0.15, 0.2) is 5.75 Å². The maximum atomic E-state index is 12.6. The van der Waals surface area contributed by atoms with Gasteiger partial charge in [-0.05, 0) is 30.7 Å². The Morgan fingerprint density at radius 2 is 1.71 bits per heavy atom. The first-order chi connectivity index (χ1) is 13.7. The lowest BCUT2D eigenvalue weighted by atomic mass is 10.2. The van der Waals surface area contributed by atoms with E-state index in [1.807, 2.05) is 66.4 Å². The van der Waals surface area contributed by atoms with E-state index in [1.54, 1.807) is 0 Å². The number of ether oxygens (including phenoxy) is 1. The van der Waals surface area contributed by atoms with Crippen molar-refractivity contribution in [3.8, 4) is 11.5 Å². The number of nitrogens with one attached hydrogen (secondary N) is 1. The highest BCUT2D eigenvalue weighted by Crippen LogP contribution is 2.29.